The summed E-state index contributed by atoms with van der Waals surface area (Å²) in [5.41, 5.74) is 8.93. The van der Waals surface area contributed by atoms with Gasteiger partial charge in [-0.1, -0.05) is 15.9 Å². The average molecular weight is 350 g/mol. The molecule has 1 aromatic carbocycles. The molecule has 20 heavy (non-hydrogen) atoms. The molecule has 1 saturated carbocycles. The molecular formula is C15H16BrN3S. The van der Waals surface area contributed by atoms with E-state index in [1.807, 2.05) is 12.1 Å². The van der Waals surface area contributed by atoms with Gasteiger partial charge in [-0.25, -0.2) is 0 Å². The Morgan fingerprint density at radius 3 is 2.80 bits per heavy atom. The molecule has 0 saturated heterocycles. The third-order valence-corrected chi connectivity index (χ3v) is 4.71. The fourth-order valence-corrected chi connectivity index (χ4v) is 3.36. The van der Waals surface area contributed by atoms with Crippen LogP contribution >= 0.6 is 27.3 Å². The molecule has 0 atom stereocenters. The number of amidine groups is 1. The Morgan fingerprint density at radius 1 is 1.40 bits per heavy atom. The maximum Gasteiger partial charge on any atom is 0.124 e. The molecule has 3 nitrogen and oxygen atoms in total. The first-order valence-electron chi connectivity index (χ1n) is 6.57. The molecule has 2 aromatic rings. The number of benzene rings is 1. The van der Waals surface area contributed by atoms with E-state index in [1.54, 1.807) is 11.3 Å². The van der Waals surface area contributed by atoms with E-state index in [-0.39, 0.29) is 5.84 Å². The molecule has 1 aliphatic carbocycles. The van der Waals surface area contributed by atoms with E-state index < -0.39 is 0 Å². The van der Waals surface area contributed by atoms with E-state index in [1.165, 1.54) is 18.4 Å². The van der Waals surface area contributed by atoms with Crippen LogP contribution in [0.15, 0.2) is 39.5 Å². The Labute approximate surface area is 131 Å². The van der Waals surface area contributed by atoms with Crippen molar-refractivity contribution < 1.29 is 0 Å². The van der Waals surface area contributed by atoms with Crippen molar-refractivity contribution in [3.8, 4) is 0 Å². The van der Waals surface area contributed by atoms with Crippen molar-refractivity contribution in [2.45, 2.75) is 25.4 Å². The van der Waals surface area contributed by atoms with Crippen molar-refractivity contribution in [2.24, 2.45) is 5.73 Å². The third-order valence-electron chi connectivity index (χ3n) is 3.48. The lowest BCUT2D eigenvalue weighted by molar-refractivity contribution is 0.795. The predicted octanol–water partition coefficient (Wildman–Crippen LogP) is 3.96. The number of hydrogen-bond donors (Lipinski definition) is 2. The molecule has 0 aliphatic heterocycles. The van der Waals surface area contributed by atoms with E-state index in [0.29, 0.717) is 6.04 Å². The fraction of sp³-hybridized carbons (Fsp3) is 0.267. The van der Waals surface area contributed by atoms with Crippen LogP contribution in [0.25, 0.3) is 0 Å². The van der Waals surface area contributed by atoms with E-state index in [9.17, 15) is 0 Å². The number of anilines is 1. The minimum Gasteiger partial charge on any atom is -0.384 e. The Bertz CT molecular complexity index is 620. The van der Waals surface area contributed by atoms with Crippen LogP contribution < -0.4 is 10.6 Å². The first-order valence-corrected chi connectivity index (χ1v) is 8.30. The van der Waals surface area contributed by atoms with E-state index in [0.717, 1.165) is 22.3 Å². The van der Waals surface area contributed by atoms with Crippen molar-refractivity contribution in [1.82, 2.24) is 0 Å². The van der Waals surface area contributed by atoms with Crippen LogP contribution in [-0.4, -0.2) is 11.9 Å². The second-order valence-electron chi connectivity index (χ2n) is 5.07. The van der Waals surface area contributed by atoms with Crippen molar-refractivity contribution in [3.05, 3.63) is 50.6 Å². The highest BCUT2D eigenvalue weighted by Gasteiger charge is 2.31. The summed E-state index contributed by atoms with van der Waals surface area (Å²) in [6.45, 7) is 0.880. The van der Waals surface area contributed by atoms with Crippen LogP contribution in [0.5, 0.6) is 0 Å². The highest BCUT2D eigenvalue weighted by Crippen LogP contribution is 2.36. The number of hydrogen-bond acceptors (Lipinski definition) is 3. The number of halogens is 1. The molecule has 104 valence electrons. The Balaban J connectivity index is 1.98. The van der Waals surface area contributed by atoms with Gasteiger partial charge in [0.15, 0.2) is 0 Å². The van der Waals surface area contributed by atoms with Gasteiger partial charge in [0, 0.05) is 28.3 Å². The molecule has 5 heteroatoms. The second-order valence-corrected chi connectivity index (χ2v) is 6.76. The lowest BCUT2D eigenvalue weighted by Crippen LogP contribution is -2.28. The summed E-state index contributed by atoms with van der Waals surface area (Å²) < 4.78 is 1.02. The molecule has 0 spiro atoms. The van der Waals surface area contributed by atoms with E-state index in [4.69, 9.17) is 11.1 Å². The average Bonchev–Trinajstić information content (AvgIpc) is 3.12. The van der Waals surface area contributed by atoms with Crippen molar-refractivity contribution >= 4 is 38.8 Å². The van der Waals surface area contributed by atoms with Gasteiger partial charge in [0.05, 0.1) is 0 Å². The Kier molecular flexibility index (Phi) is 3.81. The Hall–Kier alpha value is -1.33. The van der Waals surface area contributed by atoms with Gasteiger partial charge in [0.25, 0.3) is 0 Å². The van der Waals surface area contributed by atoms with Crippen LogP contribution in [0.2, 0.25) is 0 Å². The monoisotopic (exact) mass is 349 g/mol. The largest absolute Gasteiger partial charge is 0.384 e. The predicted molar refractivity (Wildman–Crippen MR) is 88.7 cm³/mol. The van der Waals surface area contributed by atoms with Gasteiger partial charge in [-0.3, -0.25) is 5.41 Å². The van der Waals surface area contributed by atoms with Crippen LogP contribution in [0.1, 0.15) is 24.0 Å². The maximum atomic E-state index is 7.79. The number of nitrogens with zero attached hydrogens (tertiary/aromatic N) is 1. The topological polar surface area (TPSA) is 53.1 Å². The van der Waals surface area contributed by atoms with Gasteiger partial charge < -0.3 is 10.6 Å². The van der Waals surface area contributed by atoms with Crippen molar-refractivity contribution in [2.75, 3.05) is 4.90 Å². The summed E-state index contributed by atoms with van der Waals surface area (Å²) >= 11 is 5.24. The standard InChI is InChI=1S/C15H16BrN3S/c16-11-1-4-13(15(17)18)14(7-11)19(12-2-3-12)8-10-5-6-20-9-10/h1,4-7,9,12H,2-3,8H2,(H3,17,18). The van der Waals surface area contributed by atoms with E-state index >= 15 is 0 Å². The van der Waals surface area contributed by atoms with E-state index in [2.05, 4.69) is 43.7 Å². The van der Waals surface area contributed by atoms with Gasteiger partial charge in [0.2, 0.25) is 0 Å². The molecule has 0 amide bonds. The first kappa shape index (κ1) is 13.6. The normalized spacial score (nSPS) is 14.2. The summed E-state index contributed by atoms with van der Waals surface area (Å²) in [7, 11) is 0. The van der Waals surface area contributed by atoms with Crippen LogP contribution in [-0.2, 0) is 6.54 Å². The molecule has 0 radical (unpaired) electrons. The fourth-order valence-electron chi connectivity index (χ4n) is 2.35. The van der Waals surface area contributed by atoms with Crippen LogP contribution in [0.4, 0.5) is 5.69 Å². The van der Waals surface area contributed by atoms with Gasteiger partial charge in [-0.05, 0) is 53.4 Å². The summed E-state index contributed by atoms with van der Waals surface area (Å²) in [6, 6.07) is 8.66. The zero-order valence-corrected chi connectivity index (χ0v) is 13.4. The van der Waals surface area contributed by atoms with Crippen LogP contribution in [0.3, 0.4) is 0 Å². The third kappa shape index (κ3) is 2.88. The maximum absolute atomic E-state index is 7.79. The summed E-state index contributed by atoms with van der Waals surface area (Å²) in [4.78, 5) is 2.38. The molecule has 0 unspecified atom stereocenters. The molecular weight excluding hydrogens is 334 g/mol. The molecule has 3 N–H and O–H groups in total. The number of nitrogen functional groups attached to an aromatic ring is 1. The van der Waals surface area contributed by atoms with Gasteiger partial charge in [0.1, 0.15) is 5.84 Å². The SMILES string of the molecule is N=C(N)c1ccc(Br)cc1N(Cc1ccsc1)C1CC1. The zero-order valence-electron chi connectivity index (χ0n) is 11.0. The number of nitrogens with one attached hydrogen (secondary N) is 1. The lowest BCUT2D eigenvalue weighted by atomic mass is 10.1. The summed E-state index contributed by atoms with van der Waals surface area (Å²) in [6.07, 6.45) is 2.43. The number of nitrogens with two attached hydrogens (primary N) is 1. The van der Waals surface area contributed by atoms with Crippen molar-refractivity contribution in [3.63, 3.8) is 0 Å². The minimum atomic E-state index is 0.128. The van der Waals surface area contributed by atoms with Gasteiger partial charge in [-0.15, -0.1) is 0 Å². The van der Waals surface area contributed by atoms with Gasteiger partial charge in [-0.2, -0.15) is 11.3 Å². The zero-order chi connectivity index (χ0) is 14.1. The quantitative estimate of drug-likeness (QED) is 0.633. The molecule has 0 bridgehead atoms. The molecule has 1 fully saturated rings. The number of thiophene rings is 1. The van der Waals surface area contributed by atoms with Crippen molar-refractivity contribution in [1.29, 1.82) is 5.41 Å². The van der Waals surface area contributed by atoms with Crippen LogP contribution in [0, 0.1) is 5.41 Å². The highest BCUT2D eigenvalue weighted by atomic mass is 79.9. The number of rotatable bonds is 5. The molecule has 1 heterocycles. The van der Waals surface area contributed by atoms with Gasteiger partial charge >= 0.3 is 0 Å². The summed E-state index contributed by atoms with van der Waals surface area (Å²) in [5.74, 6) is 0.128. The minimum absolute atomic E-state index is 0.128. The highest BCUT2D eigenvalue weighted by molar-refractivity contribution is 9.10. The molecule has 1 aromatic heterocycles. The Morgan fingerprint density at radius 2 is 2.20 bits per heavy atom. The molecule has 3 rings (SSSR count). The smallest absolute Gasteiger partial charge is 0.124 e. The molecule has 1 aliphatic rings. The first-order chi connectivity index (χ1) is 9.65. The lowest BCUT2D eigenvalue weighted by Gasteiger charge is -2.27. The second kappa shape index (κ2) is 5.58. The summed E-state index contributed by atoms with van der Waals surface area (Å²) in [5, 5.41) is 12.1.